The van der Waals surface area contributed by atoms with Crippen molar-refractivity contribution in [2.45, 2.75) is 129 Å². The second-order valence-corrected chi connectivity index (χ2v) is 12.2. The minimum Gasteiger partial charge on any atom is -0.444 e. The zero-order valence-corrected chi connectivity index (χ0v) is 25.9. The number of rotatable bonds is 13. The first kappa shape index (κ1) is 33.0. The molecule has 2 unspecified atom stereocenters. The molecule has 7 nitrogen and oxygen atoms in total. The summed E-state index contributed by atoms with van der Waals surface area (Å²) in [4.78, 5) is 42.5. The third-order valence-electron chi connectivity index (χ3n) is 7.28. The Balaban J connectivity index is 2.45. The van der Waals surface area contributed by atoms with Crippen molar-refractivity contribution >= 4 is 30.5 Å². The quantitative estimate of drug-likeness (QED) is 0.192. The van der Waals surface area contributed by atoms with Crippen LogP contribution < -0.4 is 10.6 Å². The van der Waals surface area contributed by atoms with Gasteiger partial charge in [-0.25, -0.2) is 4.79 Å². The highest BCUT2D eigenvalue weighted by molar-refractivity contribution is 7.80. The van der Waals surface area contributed by atoms with Gasteiger partial charge in [0.1, 0.15) is 17.7 Å². The van der Waals surface area contributed by atoms with Crippen molar-refractivity contribution in [1.82, 2.24) is 15.5 Å². The van der Waals surface area contributed by atoms with Gasteiger partial charge in [-0.1, -0.05) is 70.1 Å². The molecule has 0 aromatic heterocycles. The Bertz CT molecular complexity index is 920. The van der Waals surface area contributed by atoms with Gasteiger partial charge in [-0.05, 0) is 70.6 Å². The van der Waals surface area contributed by atoms with E-state index in [4.69, 9.17) is 4.74 Å². The Hall–Kier alpha value is -2.22. The number of benzene rings is 1. The molecular formula is C31H51N3O4S. The molecule has 1 aromatic rings. The summed E-state index contributed by atoms with van der Waals surface area (Å²) in [6.45, 7) is 11.9. The Labute approximate surface area is 241 Å². The molecule has 1 aliphatic carbocycles. The number of nitrogens with one attached hydrogen (secondary N) is 2. The highest BCUT2D eigenvalue weighted by Gasteiger charge is 2.37. The number of carbonyl (C=O) groups is 3. The lowest BCUT2D eigenvalue weighted by atomic mass is 9.91. The molecule has 0 saturated heterocycles. The van der Waals surface area contributed by atoms with Crippen molar-refractivity contribution in [2.24, 2.45) is 0 Å². The standard InChI is InChI=1S/C31H51N3O4S/c1-7-8-9-10-14-20-34(29(36)25(21-39)33-30(37)38-31(4,5)6)27(26-22(2)16-15-17-23(26)3)28(35)32-24-18-12-11-13-19-24/h15-17,24-25,27,39H,7-14,18-21H2,1-6H3,(H,32,35)(H,33,37). The molecule has 1 saturated carbocycles. The fraction of sp³-hybridized carbons (Fsp3) is 0.710. The Kier molecular flexibility index (Phi) is 13.7. The van der Waals surface area contributed by atoms with Gasteiger partial charge < -0.3 is 20.3 Å². The van der Waals surface area contributed by atoms with Crippen LogP contribution >= 0.6 is 12.6 Å². The maximum atomic E-state index is 14.2. The first-order valence-corrected chi connectivity index (χ1v) is 15.4. The number of carbonyl (C=O) groups excluding carboxylic acids is 3. The van der Waals surface area contributed by atoms with E-state index in [0.29, 0.717) is 6.54 Å². The average Bonchev–Trinajstić information content (AvgIpc) is 2.87. The van der Waals surface area contributed by atoms with Crippen molar-refractivity contribution in [1.29, 1.82) is 0 Å². The van der Waals surface area contributed by atoms with E-state index in [1.807, 2.05) is 32.0 Å². The van der Waals surface area contributed by atoms with Crippen LogP contribution in [0.3, 0.4) is 0 Å². The van der Waals surface area contributed by atoms with Crippen molar-refractivity contribution in [3.8, 4) is 0 Å². The molecule has 220 valence electrons. The van der Waals surface area contributed by atoms with Gasteiger partial charge in [-0.2, -0.15) is 12.6 Å². The molecule has 8 heteroatoms. The third-order valence-corrected chi connectivity index (χ3v) is 7.65. The zero-order valence-electron chi connectivity index (χ0n) is 25.0. The molecule has 2 rings (SSSR count). The number of unbranched alkanes of at least 4 members (excludes halogenated alkanes) is 4. The number of nitrogens with zero attached hydrogens (tertiary/aromatic N) is 1. The highest BCUT2D eigenvalue weighted by atomic mass is 32.1. The van der Waals surface area contributed by atoms with Crippen LogP contribution in [0.2, 0.25) is 0 Å². The maximum absolute atomic E-state index is 14.2. The molecule has 1 aromatic carbocycles. The number of amides is 3. The summed E-state index contributed by atoms with van der Waals surface area (Å²) in [6.07, 6.45) is 9.69. The topological polar surface area (TPSA) is 87.7 Å². The fourth-order valence-corrected chi connectivity index (χ4v) is 5.55. The van der Waals surface area contributed by atoms with Gasteiger partial charge in [0.25, 0.3) is 0 Å². The Morgan fingerprint density at radius 2 is 1.64 bits per heavy atom. The average molecular weight is 562 g/mol. The molecular weight excluding hydrogens is 510 g/mol. The molecule has 1 fully saturated rings. The third kappa shape index (κ3) is 10.7. The molecule has 2 atom stereocenters. The van der Waals surface area contributed by atoms with Gasteiger partial charge in [-0.3, -0.25) is 9.59 Å². The summed E-state index contributed by atoms with van der Waals surface area (Å²) in [5, 5.41) is 5.99. The van der Waals surface area contributed by atoms with E-state index in [2.05, 4.69) is 30.2 Å². The molecule has 0 radical (unpaired) electrons. The lowest BCUT2D eigenvalue weighted by Gasteiger charge is -2.36. The zero-order chi connectivity index (χ0) is 29.0. The summed E-state index contributed by atoms with van der Waals surface area (Å²) in [5.74, 6) is -0.386. The Morgan fingerprint density at radius 1 is 1.03 bits per heavy atom. The second-order valence-electron chi connectivity index (χ2n) is 11.9. The van der Waals surface area contributed by atoms with E-state index in [-0.39, 0.29) is 23.6 Å². The van der Waals surface area contributed by atoms with Crippen molar-refractivity contribution in [3.63, 3.8) is 0 Å². The SMILES string of the molecule is CCCCCCCN(C(=O)C(CS)NC(=O)OC(C)(C)C)C(C(=O)NC1CCCCC1)c1c(C)cccc1C. The van der Waals surface area contributed by atoms with E-state index in [1.165, 1.54) is 6.42 Å². The molecule has 0 spiro atoms. The van der Waals surface area contributed by atoms with E-state index in [0.717, 1.165) is 74.5 Å². The molecule has 0 heterocycles. The number of hydrogen-bond acceptors (Lipinski definition) is 5. The maximum Gasteiger partial charge on any atom is 0.408 e. The molecule has 0 aliphatic heterocycles. The summed E-state index contributed by atoms with van der Waals surface area (Å²) in [5.41, 5.74) is 2.08. The summed E-state index contributed by atoms with van der Waals surface area (Å²) < 4.78 is 5.42. The minimum absolute atomic E-state index is 0.0914. The molecule has 0 bridgehead atoms. The summed E-state index contributed by atoms with van der Waals surface area (Å²) in [6, 6.07) is 4.34. The van der Waals surface area contributed by atoms with Crippen LogP contribution in [0.1, 0.15) is 115 Å². The molecule has 3 amide bonds. The van der Waals surface area contributed by atoms with Gasteiger partial charge in [0, 0.05) is 18.3 Å². The molecule has 2 N–H and O–H groups in total. The van der Waals surface area contributed by atoms with E-state index in [1.54, 1.807) is 25.7 Å². The van der Waals surface area contributed by atoms with Crippen molar-refractivity contribution in [3.05, 3.63) is 34.9 Å². The number of aryl methyl sites for hydroxylation is 2. The van der Waals surface area contributed by atoms with Crippen LogP contribution in [0.4, 0.5) is 4.79 Å². The number of thiol groups is 1. The van der Waals surface area contributed by atoms with Gasteiger partial charge >= 0.3 is 6.09 Å². The molecule has 1 aliphatic rings. The number of alkyl carbamates (subject to hydrolysis) is 1. The summed E-state index contributed by atoms with van der Waals surface area (Å²) in [7, 11) is 0. The predicted molar refractivity (Wildman–Crippen MR) is 161 cm³/mol. The Morgan fingerprint density at radius 3 is 2.21 bits per heavy atom. The van der Waals surface area contributed by atoms with Crippen LogP contribution in [0, 0.1) is 13.8 Å². The smallest absolute Gasteiger partial charge is 0.408 e. The summed E-state index contributed by atoms with van der Waals surface area (Å²) >= 11 is 4.41. The minimum atomic E-state index is -0.923. The van der Waals surface area contributed by atoms with Crippen LogP contribution in [-0.2, 0) is 14.3 Å². The lowest BCUT2D eigenvalue weighted by Crippen LogP contribution is -2.55. The lowest BCUT2D eigenvalue weighted by molar-refractivity contribution is -0.142. The van der Waals surface area contributed by atoms with Crippen molar-refractivity contribution in [2.75, 3.05) is 12.3 Å². The van der Waals surface area contributed by atoms with Gasteiger partial charge in [0.15, 0.2) is 0 Å². The van der Waals surface area contributed by atoms with Gasteiger partial charge in [0.2, 0.25) is 11.8 Å². The predicted octanol–water partition coefficient (Wildman–Crippen LogP) is 6.42. The van der Waals surface area contributed by atoms with Crippen LogP contribution in [0.25, 0.3) is 0 Å². The monoisotopic (exact) mass is 561 g/mol. The number of ether oxygens (including phenoxy) is 1. The van der Waals surface area contributed by atoms with Crippen LogP contribution in [0.5, 0.6) is 0 Å². The fourth-order valence-electron chi connectivity index (χ4n) is 5.30. The van der Waals surface area contributed by atoms with E-state index in [9.17, 15) is 14.4 Å². The van der Waals surface area contributed by atoms with E-state index < -0.39 is 23.8 Å². The molecule has 39 heavy (non-hydrogen) atoms. The van der Waals surface area contributed by atoms with Crippen LogP contribution in [-0.4, -0.2) is 52.8 Å². The van der Waals surface area contributed by atoms with Gasteiger partial charge in [0.05, 0.1) is 0 Å². The van der Waals surface area contributed by atoms with Gasteiger partial charge in [-0.15, -0.1) is 0 Å². The largest absolute Gasteiger partial charge is 0.444 e. The number of hydrogen-bond donors (Lipinski definition) is 3. The van der Waals surface area contributed by atoms with Crippen LogP contribution in [0.15, 0.2) is 18.2 Å². The van der Waals surface area contributed by atoms with Crippen molar-refractivity contribution < 1.29 is 19.1 Å². The second kappa shape index (κ2) is 16.1. The highest BCUT2D eigenvalue weighted by Crippen LogP contribution is 2.30. The first-order chi connectivity index (χ1) is 18.5. The normalized spacial score (nSPS) is 15.8. The van der Waals surface area contributed by atoms with E-state index >= 15 is 0 Å². The first-order valence-electron chi connectivity index (χ1n) is 14.8.